The van der Waals surface area contributed by atoms with Crippen LogP contribution in [-0.4, -0.2) is 43.4 Å². The molecule has 0 unspecified atom stereocenters. The number of aliphatic carboxylic acids is 1. The second-order valence-electron chi connectivity index (χ2n) is 6.72. The molecule has 7 heteroatoms. The fraction of sp³-hybridized carbons (Fsp3) is 0.286. The number of hydrogen-bond donors (Lipinski definition) is 3. The molecule has 1 aliphatic rings. The van der Waals surface area contributed by atoms with Gasteiger partial charge in [0.25, 0.3) is 0 Å². The number of H-pyrrole nitrogens is 1. The van der Waals surface area contributed by atoms with Crippen molar-refractivity contribution in [1.29, 1.82) is 0 Å². The SMILES string of the molecule is COc1cc([C@H]2N[C@H](C(=O)O)Cc3c2[nH]c2ccccc32)cc(OC)c1OC. The number of carboxylic acids is 1. The van der Waals surface area contributed by atoms with Crippen LogP contribution in [-0.2, 0) is 11.2 Å². The van der Waals surface area contributed by atoms with Crippen molar-refractivity contribution >= 4 is 16.9 Å². The first-order valence-corrected chi connectivity index (χ1v) is 8.95. The molecule has 1 aromatic heterocycles. The molecule has 2 aromatic carbocycles. The summed E-state index contributed by atoms with van der Waals surface area (Å²) in [6.07, 6.45) is 0.412. The molecule has 7 nitrogen and oxygen atoms in total. The first-order chi connectivity index (χ1) is 13.6. The molecule has 0 bridgehead atoms. The van der Waals surface area contributed by atoms with E-state index < -0.39 is 12.0 Å². The van der Waals surface area contributed by atoms with Crippen molar-refractivity contribution in [1.82, 2.24) is 10.3 Å². The predicted molar refractivity (Wildman–Crippen MR) is 105 cm³/mol. The molecule has 4 rings (SSSR count). The van der Waals surface area contributed by atoms with Crippen molar-refractivity contribution < 1.29 is 24.1 Å². The number of fused-ring (bicyclic) bond motifs is 3. The van der Waals surface area contributed by atoms with E-state index in [4.69, 9.17) is 14.2 Å². The Bertz CT molecular complexity index is 1020. The molecular formula is C21H22N2O5. The lowest BCUT2D eigenvalue weighted by Crippen LogP contribution is -2.44. The fourth-order valence-electron chi connectivity index (χ4n) is 3.92. The third kappa shape index (κ3) is 2.84. The highest BCUT2D eigenvalue weighted by molar-refractivity contribution is 5.87. The van der Waals surface area contributed by atoms with E-state index in [9.17, 15) is 9.90 Å². The average molecular weight is 382 g/mol. The molecule has 0 amide bonds. The van der Waals surface area contributed by atoms with Gasteiger partial charge in [-0.05, 0) is 29.3 Å². The first-order valence-electron chi connectivity index (χ1n) is 8.95. The Morgan fingerprint density at radius 3 is 2.36 bits per heavy atom. The van der Waals surface area contributed by atoms with Gasteiger partial charge in [-0.3, -0.25) is 10.1 Å². The number of benzene rings is 2. The minimum absolute atomic E-state index is 0.356. The van der Waals surface area contributed by atoms with Gasteiger partial charge in [0.15, 0.2) is 11.5 Å². The second-order valence-corrected chi connectivity index (χ2v) is 6.72. The van der Waals surface area contributed by atoms with Crippen LogP contribution in [0.2, 0.25) is 0 Å². The molecule has 0 radical (unpaired) electrons. The molecule has 0 aliphatic carbocycles. The van der Waals surface area contributed by atoms with E-state index in [2.05, 4.69) is 10.3 Å². The number of carbonyl (C=O) groups is 1. The van der Waals surface area contributed by atoms with Crippen LogP contribution in [0.15, 0.2) is 36.4 Å². The quantitative estimate of drug-likeness (QED) is 0.628. The molecule has 1 aliphatic heterocycles. The molecule has 2 atom stereocenters. The molecule has 0 saturated heterocycles. The Morgan fingerprint density at radius 1 is 1.07 bits per heavy atom. The molecule has 3 N–H and O–H groups in total. The zero-order chi connectivity index (χ0) is 19.8. The highest BCUT2D eigenvalue weighted by Gasteiger charge is 2.34. The number of para-hydroxylation sites is 1. The summed E-state index contributed by atoms with van der Waals surface area (Å²) >= 11 is 0. The van der Waals surface area contributed by atoms with E-state index in [1.165, 1.54) is 0 Å². The monoisotopic (exact) mass is 382 g/mol. The number of methoxy groups -OCH3 is 3. The Kier molecular flexibility index (Phi) is 4.60. The summed E-state index contributed by atoms with van der Waals surface area (Å²) in [6, 6.07) is 10.6. The van der Waals surface area contributed by atoms with E-state index in [1.54, 1.807) is 21.3 Å². The topological polar surface area (TPSA) is 92.8 Å². The van der Waals surface area contributed by atoms with E-state index in [0.29, 0.717) is 23.7 Å². The van der Waals surface area contributed by atoms with Crippen LogP contribution < -0.4 is 19.5 Å². The van der Waals surface area contributed by atoms with Gasteiger partial charge in [-0.2, -0.15) is 0 Å². The Hall–Kier alpha value is -3.19. The van der Waals surface area contributed by atoms with E-state index in [0.717, 1.165) is 27.7 Å². The lowest BCUT2D eigenvalue weighted by atomic mass is 9.90. The van der Waals surface area contributed by atoms with Crippen LogP contribution in [0.4, 0.5) is 0 Å². The van der Waals surface area contributed by atoms with Crippen molar-refractivity contribution in [2.45, 2.75) is 18.5 Å². The number of ether oxygens (including phenoxy) is 3. The van der Waals surface area contributed by atoms with Crippen LogP contribution in [0, 0.1) is 0 Å². The maximum absolute atomic E-state index is 11.8. The van der Waals surface area contributed by atoms with Gasteiger partial charge in [0, 0.05) is 23.0 Å². The maximum Gasteiger partial charge on any atom is 0.321 e. The van der Waals surface area contributed by atoms with Gasteiger partial charge in [0.05, 0.1) is 27.4 Å². The Labute approximate surface area is 162 Å². The zero-order valence-electron chi connectivity index (χ0n) is 15.9. The molecule has 0 spiro atoms. The molecule has 0 saturated carbocycles. The number of aromatic nitrogens is 1. The summed E-state index contributed by atoms with van der Waals surface area (Å²) in [4.78, 5) is 15.3. The Balaban J connectivity index is 1.91. The highest BCUT2D eigenvalue weighted by Crippen LogP contribution is 2.43. The van der Waals surface area contributed by atoms with Gasteiger partial charge in [0.1, 0.15) is 6.04 Å². The molecule has 0 fully saturated rings. The summed E-state index contributed by atoms with van der Waals surface area (Å²) in [5.74, 6) is 0.659. The first kappa shape index (κ1) is 18.2. The standard InChI is InChI=1S/C21H22N2O5/c1-26-16-8-11(9-17(27-2)20(16)28-3)18-19-13(10-15(23-18)21(24)25)12-6-4-5-7-14(12)22-19/h4-9,15,18,22-23H,10H2,1-3H3,(H,24,25)/t15-,18+/m0/s1. The summed E-state index contributed by atoms with van der Waals surface area (Å²) in [5.41, 5.74) is 3.78. The molecule has 2 heterocycles. The van der Waals surface area contributed by atoms with Gasteiger partial charge in [0.2, 0.25) is 5.75 Å². The van der Waals surface area contributed by atoms with Gasteiger partial charge in [-0.15, -0.1) is 0 Å². The molecule has 3 aromatic rings. The van der Waals surface area contributed by atoms with Crippen molar-refractivity contribution in [3.63, 3.8) is 0 Å². The number of rotatable bonds is 5. The largest absolute Gasteiger partial charge is 0.493 e. The lowest BCUT2D eigenvalue weighted by molar-refractivity contribution is -0.139. The van der Waals surface area contributed by atoms with E-state index in [1.807, 2.05) is 36.4 Å². The van der Waals surface area contributed by atoms with Crippen LogP contribution >= 0.6 is 0 Å². The number of nitrogens with one attached hydrogen (secondary N) is 2. The van der Waals surface area contributed by atoms with Crippen molar-refractivity contribution in [3.8, 4) is 17.2 Å². The zero-order valence-corrected chi connectivity index (χ0v) is 15.9. The average Bonchev–Trinajstić information content (AvgIpc) is 3.10. The number of aromatic amines is 1. The van der Waals surface area contributed by atoms with Crippen LogP contribution in [0.25, 0.3) is 10.9 Å². The third-order valence-electron chi connectivity index (χ3n) is 5.23. The predicted octanol–water partition coefficient (Wildman–Crippen LogP) is 2.88. The summed E-state index contributed by atoms with van der Waals surface area (Å²) in [7, 11) is 4.67. The van der Waals surface area contributed by atoms with Gasteiger partial charge < -0.3 is 24.3 Å². The normalized spacial score (nSPS) is 18.5. The third-order valence-corrected chi connectivity index (χ3v) is 5.23. The highest BCUT2D eigenvalue weighted by atomic mass is 16.5. The smallest absolute Gasteiger partial charge is 0.321 e. The van der Waals surface area contributed by atoms with Crippen molar-refractivity contribution in [3.05, 3.63) is 53.2 Å². The van der Waals surface area contributed by atoms with Gasteiger partial charge >= 0.3 is 5.97 Å². The molecule has 28 heavy (non-hydrogen) atoms. The van der Waals surface area contributed by atoms with Gasteiger partial charge in [-0.1, -0.05) is 18.2 Å². The Morgan fingerprint density at radius 2 is 1.75 bits per heavy atom. The fourth-order valence-corrected chi connectivity index (χ4v) is 3.92. The summed E-state index contributed by atoms with van der Waals surface area (Å²) in [5, 5.41) is 14.0. The van der Waals surface area contributed by atoms with Crippen molar-refractivity contribution in [2.75, 3.05) is 21.3 Å². The summed E-state index contributed by atoms with van der Waals surface area (Å²) < 4.78 is 16.3. The second kappa shape index (κ2) is 7.09. The number of hydrogen-bond acceptors (Lipinski definition) is 5. The van der Waals surface area contributed by atoms with Crippen molar-refractivity contribution in [2.24, 2.45) is 0 Å². The molecule has 146 valence electrons. The van der Waals surface area contributed by atoms with Crippen LogP contribution in [0.3, 0.4) is 0 Å². The van der Waals surface area contributed by atoms with Gasteiger partial charge in [-0.25, -0.2) is 0 Å². The minimum atomic E-state index is -0.881. The lowest BCUT2D eigenvalue weighted by Gasteiger charge is -2.30. The molecular weight excluding hydrogens is 360 g/mol. The van der Waals surface area contributed by atoms with Crippen LogP contribution in [0.5, 0.6) is 17.2 Å². The van der Waals surface area contributed by atoms with E-state index in [-0.39, 0.29) is 6.04 Å². The van der Waals surface area contributed by atoms with E-state index >= 15 is 0 Å². The maximum atomic E-state index is 11.8. The summed E-state index contributed by atoms with van der Waals surface area (Å²) in [6.45, 7) is 0. The minimum Gasteiger partial charge on any atom is -0.493 e. The number of carboxylic acid groups (broad SMARTS) is 1. The van der Waals surface area contributed by atoms with Crippen LogP contribution in [0.1, 0.15) is 22.9 Å².